The molecule has 24 heavy (non-hydrogen) atoms. The fourth-order valence-electron chi connectivity index (χ4n) is 2.67. The van der Waals surface area contributed by atoms with E-state index < -0.39 is 39.8 Å². The summed E-state index contributed by atoms with van der Waals surface area (Å²) < 4.78 is 63.9. The number of rotatable bonds is 5. The van der Waals surface area contributed by atoms with E-state index in [-0.39, 0.29) is 29.4 Å². The summed E-state index contributed by atoms with van der Waals surface area (Å²) in [6.45, 7) is -0.0357. The van der Waals surface area contributed by atoms with Crippen molar-refractivity contribution < 1.29 is 31.5 Å². The summed E-state index contributed by atoms with van der Waals surface area (Å²) in [5.41, 5.74) is 0.156. The summed E-state index contributed by atoms with van der Waals surface area (Å²) in [4.78, 5) is 12.2. The van der Waals surface area contributed by atoms with Gasteiger partial charge in [-0.05, 0) is 40.4 Å². The van der Waals surface area contributed by atoms with Crippen molar-refractivity contribution in [1.82, 2.24) is 9.62 Å². The number of hydrogen-bond acceptors (Lipinski definition) is 3. The van der Waals surface area contributed by atoms with Gasteiger partial charge < -0.3 is 10.0 Å². The van der Waals surface area contributed by atoms with Gasteiger partial charge in [-0.1, -0.05) is 12.1 Å². The third-order valence-corrected chi connectivity index (χ3v) is 5.52. The van der Waals surface area contributed by atoms with Crippen LogP contribution in [0.15, 0.2) is 22.7 Å². The lowest BCUT2D eigenvalue weighted by molar-refractivity contribution is 0.137. The first-order valence-corrected chi connectivity index (χ1v) is 9.19. The number of sulfonamides is 1. The highest BCUT2D eigenvalue weighted by atomic mass is 79.9. The first kappa shape index (κ1) is 19.0. The van der Waals surface area contributed by atoms with Crippen LogP contribution < -0.4 is 4.72 Å². The Balaban J connectivity index is 2.29. The molecule has 1 aromatic carbocycles. The van der Waals surface area contributed by atoms with Crippen LogP contribution in [0.25, 0.3) is 0 Å². The molecule has 1 fully saturated rings. The predicted octanol–water partition coefficient (Wildman–Crippen LogP) is 2.39. The second-order valence-electron chi connectivity index (χ2n) is 5.28. The molecular weight excluding hydrogens is 417 g/mol. The van der Waals surface area contributed by atoms with Crippen molar-refractivity contribution in [2.75, 3.05) is 6.54 Å². The molecule has 0 unspecified atom stereocenters. The standard InChI is InChI=1S/C13H14BrF3N2O4S/c14-8-3-1-2-7(11(8)15)6-10-9(4-5-19(10)13(20)21)18-24(22,23)12(16)17/h1-3,9-10,12,18H,4-6H2,(H,20,21)/t9-,10-/m0/s1. The van der Waals surface area contributed by atoms with Gasteiger partial charge >= 0.3 is 11.9 Å². The number of carbonyl (C=O) groups is 1. The molecule has 6 nitrogen and oxygen atoms in total. The minimum atomic E-state index is -4.88. The zero-order chi connectivity index (χ0) is 18.1. The molecule has 2 N–H and O–H groups in total. The Morgan fingerprint density at radius 2 is 2.12 bits per heavy atom. The maximum atomic E-state index is 14.1. The molecule has 0 aliphatic carbocycles. The largest absolute Gasteiger partial charge is 0.465 e. The fraction of sp³-hybridized carbons (Fsp3) is 0.462. The van der Waals surface area contributed by atoms with Crippen molar-refractivity contribution in [3.63, 3.8) is 0 Å². The van der Waals surface area contributed by atoms with Crippen LogP contribution in [-0.4, -0.2) is 48.9 Å². The molecule has 2 rings (SSSR count). The van der Waals surface area contributed by atoms with Crippen LogP contribution in [-0.2, 0) is 16.4 Å². The summed E-state index contributed by atoms with van der Waals surface area (Å²) in [6, 6.07) is 2.38. The average molecular weight is 431 g/mol. The molecule has 1 aliphatic heterocycles. The Hall–Kier alpha value is -1.33. The van der Waals surface area contributed by atoms with Gasteiger partial charge in [0.1, 0.15) is 5.82 Å². The molecule has 0 spiro atoms. The molecule has 0 saturated carbocycles. The summed E-state index contributed by atoms with van der Waals surface area (Å²) in [7, 11) is -4.88. The van der Waals surface area contributed by atoms with Crippen molar-refractivity contribution in [2.45, 2.75) is 30.7 Å². The number of halogens is 4. The van der Waals surface area contributed by atoms with Crippen molar-refractivity contribution in [2.24, 2.45) is 0 Å². The molecule has 1 saturated heterocycles. The van der Waals surface area contributed by atoms with Crippen molar-refractivity contribution in [3.05, 3.63) is 34.1 Å². The summed E-state index contributed by atoms with van der Waals surface area (Å²) in [5.74, 6) is -4.23. The van der Waals surface area contributed by atoms with E-state index in [1.54, 1.807) is 6.07 Å². The Labute approximate surface area is 144 Å². The number of alkyl halides is 2. The highest BCUT2D eigenvalue weighted by Crippen LogP contribution is 2.26. The van der Waals surface area contributed by atoms with Gasteiger partial charge in [0.15, 0.2) is 0 Å². The van der Waals surface area contributed by atoms with Gasteiger partial charge in [-0.3, -0.25) is 0 Å². The Bertz CT molecular complexity index is 732. The van der Waals surface area contributed by atoms with Gasteiger partial charge in [0.2, 0.25) is 0 Å². The van der Waals surface area contributed by atoms with Gasteiger partial charge in [-0.15, -0.1) is 0 Å². The molecule has 2 atom stereocenters. The molecule has 0 bridgehead atoms. The van der Waals surface area contributed by atoms with Crippen LogP contribution in [0.2, 0.25) is 0 Å². The van der Waals surface area contributed by atoms with E-state index in [0.29, 0.717) is 0 Å². The average Bonchev–Trinajstić information content (AvgIpc) is 2.86. The molecular formula is C13H14BrF3N2O4S. The molecule has 11 heteroatoms. The van der Waals surface area contributed by atoms with Crippen LogP contribution in [0.4, 0.5) is 18.0 Å². The first-order valence-electron chi connectivity index (χ1n) is 6.85. The highest BCUT2D eigenvalue weighted by molar-refractivity contribution is 9.10. The molecule has 134 valence electrons. The lowest BCUT2D eigenvalue weighted by atomic mass is 10.0. The SMILES string of the molecule is O=C(O)N1CC[C@H](NS(=O)(=O)C(F)F)[C@@H]1Cc1cccc(Br)c1F. The molecule has 0 aromatic heterocycles. The van der Waals surface area contributed by atoms with Crippen molar-refractivity contribution in [1.29, 1.82) is 0 Å². The number of likely N-dealkylation sites (tertiary alicyclic amines) is 1. The van der Waals surface area contributed by atoms with E-state index in [4.69, 9.17) is 0 Å². The fourth-order valence-corrected chi connectivity index (χ4v) is 3.88. The minimum absolute atomic E-state index is 0.0263. The predicted molar refractivity (Wildman–Crippen MR) is 82.8 cm³/mol. The maximum absolute atomic E-state index is 14.1. The second-order valence-corrected chi connectivity index (χ2v) is 7.82. The Morgan fingerprint density at radius 3 is 2.71 bits per heavy atom. The van der Waals surface area contributed by atoms with Crippen LogP contribution in [0.5, 0.6) is 0 Å². The van der Waals surface area contributed by atoms with E-state index in [1.807, 2.05) is 4.72 Å². The topological polar surface area (TPSA) is 86.7 Å². The molecule has 1 amide bonds. The molecule has 0 radical (unpaired) electrons. The normalized spacial score (nSPS) is 21.5. The third kappa shape index (κ3) is 4.01. The second kappa shape index (κ2) is 7.28. The summed E-state index contributed by atoms with van der Waals surface area (Å²) in [6.07, 6.45) is -1.44. The molecule has 1 heterocycles. The Morgan fingerprint density at radius 1 is 1.46 bits per heavy atom. The van der Waals surface area contributed by atoms with E-state index in [2.05, 4.69) is 15.9 Å². The monoisotopic (exact) mass is 430 g/mol. The third-order valence-electron chi connectivity index (χ3n) is 3.80. The lowest BCUT2D eigenvalue weighted by Crippen LogP contribution is -2.48. The number of amides is 1. The number of carboxylic acid groups (broad SMARTS) is 1. The maximum Gasteiger partial charge on any atom is 0.407 e. The van der Waals surface area contributed by atoms with Crippen LogP contribution in [0.1, 0.15) is 12.0 Å². The van der Waals surface area contributed by atoms with E-state index >= 15 is 0 Å². The zero-order valence-corrected chi connectivity index (χ0v) is 14.5. The van der Waals surface area contributed by atoms with E-state index in [0.717, 1.165) is 4.90 Å². The number of nitrogens with one attached hydrogen (secondary N) is 1. The van der Waals surface area contributed by atoms with Gasteiger partial charge in [0, 0.05) is 12.6 Å². The number of nitrogens with zero attached hydrogens (tertiary/aromatic N) is 1. The van der Waals surface area contributed by atoms with Gasteiger partial charge in [0.25, 0.3) is 10.0 Å². The molecule has 1 aromatic rings. The van der Waals surface area contributed by atoms with Gasteiger partial charge in [0.05, 0.1) is 10.5 Å². The Kier molecular flexibility index (Phi) is 5.76. The van der Waals surface area contributed by atoms with E-state index in [1.165, 1.54) is 12.1 Å². The number of hydrogen-bond donors (Lipinski definition) is 2. The first-order chi connectivity index (χ1) is 11.1. The number of benzene rings is 1. The quantitative estimate of drug-likeness (QED) is 0.750. The van der Waals surface area contributed by atoms with E-state index in [9.17, 15) is 31.5 Å². The van der Waals surface area contributed by atoms with Gasteiger partial charge in [-0.2, -0.15) is 8.78 Å². The van der Waals surface area contributed by atoms with Crippen LogP contribution in [0.3, 0.4) is 0 Å². The summed E-state index contributed by atoms with van der Waals surface area (Å²) >= 11 is 3.01. The van der Waals surface area contributed by atoms with Crippen molar-refractivity contribution in [3.8, 4) is 0 Å². The van der Waals surface area contributed by atoms with Gasteiger partial charge in [-0.25, -0.2) is 22.3 Å². The summed E-state index contributed by atoms with van der Waals surface area (Å²) in [5, 5.41) is 9.21. The molecule has 1 aliphatic rings. The van der Waals surface area contributed by atoms with Crippen LogP contribution >= 0.6 is 15.9 Å². The zero-order valence-electron chi connectivity index (χ0n) is 12.1. The highest BCUT2D eigenvalue weighted by Gasteiger charge is 2.41. The van der Waals surface area contributed by atoms with Crippen molar-refractivity contribution >= 4 is 32.0 Å². The lowest BCUT2D eigenvalue weighted by Gasteiger charge is -2.26. The minimum Gasteiger partial charge on any atom is -0.465 e. The smallest absolute Gasteiger partial charge is 0.407 e. The van der Waals surface area contributed by atoms with Crippen LogP contribution in [0, 0.1) is 5.82 Å².